The van der Waals surface area contributed by atoms with Gasteiger partial charge in [-0.15, -0.1) is 0 Å². The zero-order valence-corrected chi connectivity index (χ0v) is 11.3. The highest BCUT2D eigenvalue weighted by Crippen LogP contribution is 2.42. The Morgan fingerprint density at radius 1 is 1.53 bits per heavy atom. The van der Waals surface area contributed by atoms with Crippen LogP contribution < -0.4 is 5.32 Å². The summed E-state index contributed by atoms with van der Waals surface area (Å²) in [6.45, 7) is 5.62. The van der Waals surface area contributed by atoms with Gasteiger partial charge in [-0.05, 0) is 44.9 Å². The normalized spacial score (nSPS) is 30.4. The van der Waals surface area contributed by atoms with Gasteiger partial charge in [0.25, 0.3) is 0 Å². The van der Waals surface area contributed by atoms with Crippen molar-refractivity contribution in [3.63, 3.8) is 0 Å². The number of thioether (sulfide) groups is 1. The van der Waals surface area contributed by atoms with E-state index in [1.807, 2.05) is 0 Å². The van der Waals surface area contributed by atoms with E-state index in [4.69, 9.17) is 4.74 Å². The van der Waals surface area contributed by atoms with Gasteiger partial charge in [-0.2, -0.15) is 11.8 Å². The van der Waals surface area contributed by atoms with Crippen molar-refractivity contribution in [3.05, 3.63) is 0 Å². The standard InChI is InChI=1S/C12H25NOS/c1-10(6-8-14-4)11(13-3)12(2)7-5-9-15-12/h10-11,13H,5-9H2,1-4H3. The Balaban J connectivity index is 2.53. The van der Waals surface area contributed by atoms with Crippen LogP contribution in [0.4, 0.5) is 0 Å². The number of methoxy groups -OCH3 is 1. The smallest absolute Gasteiger partial charge is 0.0465 e. The zero-order valence-electron chi connectivity index (χ0n) is 10.5. The summed E-state index contributed by atoms with van der Waals surface area (Å²) < 4.78 is 5.60. The highest BCUT2D eigenvalue weighted by atomic mass is 32.2. The Kier molecular flexibility index (Phi) is 5.44. The van der Waals surface area contributed by atoms with Crippen molar-refractivity contribution in [2.45, 2.75) is 43.9 Å². The Morgan fingerprint density at radius 3 is 2.73 bits per heavy atom. The summed E-state index contributed by atoms with van der Waals surface area (Å²) in [5.74, 6) is 2.01. The van der Waals surface area contributed by atoms with E-state index in [1.54, 1.807) is 7.11 Å². The second kappa shape index (κ2) is 6.12. The molecule has 1 heterocycles. The van der Waals surface area contributed by atoms with Crippen molar-refractivity contribution in [2.24, 2.45) is 5.92 Å². The number of hydrogen-bond acceptors (Lipinski definition) is 3. The minimum Gasteiger partial charge on any atom is -0.385 e. The topological polar surface area (TPSA) is 21.3 Å². The molecule has 3 heteroatoms. The van der Waals surface area contributed by atoms with Gasteiger partial charge >= 0.3 is 0 Å². The van der Waals surface area contributed by atoms with Crippen molar-refractivity contribution >= 4 is 11.8 Å². The molecule has 0 saturated carbocycles. The molecule has 1 fully saturated rings. The summed E-state index contributed by atoms with van der Waals surface area (Å²) in [7, 11) is 3.88. The minimum atomic E-state index is 0.432. The van der Waals surface area contributed by atoms with Crippen molar-refractivity contribution in [1.29, 1.82) is 0 Å². The van der Waals surface area contributed by atoms with Gasteiger partial charge in [-0.3, -0.25) is 0 Å². The first-order valence-corrected chi connectivity index (χ1v) is 6.93. The molecule has 0 bridgehead atoms. The lowest BCUT2D eigenvalue weighted by Gasteiger charge is -2.37. The molecule has 3 unspecified atom stereocenters. The van der Waals surface area contributed by atoms with Crippen molar-refractivity contribution in [2.75, 3.05) is 26.5 Å². The van der Waals surface area contributed by atoms with Crippen molar-refractivity contribution in [1.82, 2.24) is 5.32 Å². The molecule has 1 rings (SSSR count). The van der Waals surface area contributed by atoms with Gasteiger partial charge in [0, 0.05) is 24.5 Å². The molecule has 1 aliphatic heterocycles. The molecule has 0 radical (unpaired) electrons. The first-order chi connectivity index (χ1) is 7.14. The molecular formula is C12H25NOS. The van der Waals surface area contributed by atoms with Gasteiger partial charge in [0.2, 0.25) is 0 Å². The first kappa shape index (κ1) is 13.3. The van der Waals surface area contributed by atoms with Crippen LogP contribution in [0, 0.1) is 5.92 Å². The van der Waals surface area contributed by atoms with E-state index in [0.29, 0.717) is 16.7 Å². The fourth-order valence-electron chi connectivity index (χ4n) is 2.71. The number of ether oxygens (including phenoxy) is 1. The maximum atomic E-state index is 5.17. The second-order valence-electron chi connectivity index (χ2n) is 4.79. The minimum absolute atomic E-state index is 0.432. The molecule has 0 aromatic heterocycles. The van der Waals surface area contributed by atoms with E-state index in [9.17, 15) is 0 Å². The van der Waals surface area contributed by atoms with Crippen LogP contribution in [0.15, 0.2) is 0 Å². The van der Waals surface area contributed by atoms with Gasteiger partial charge in [-0.25, -0.2) is 0 Å². The van der Waals surface area contributed by atoms with Crippen LogP contribution in [-0.2, 0) is 4.74 Å². The fourth-order valence-corrected chi connectivity index (χ4v) is 4.28. The fraction of sp³-hybridized carbons (Fsp3) is 1.00. The van der Waals surface area contributed by atoms with Crippen LogP contribution in [0.5, 0.6) is 0 Å². The van der Waals surface area contributed by atoms with Crippen LogP contribution in [0.25, 0.3) is 0 Å². The molecule has 90 valence electrons. The Hall–Kier alpha value is 0.270. The van der Waals surface area contributed by atoms with Gasteiger partial charge in [0.1, 0.15) is 0 Å². The van der Waals surface area contributed by atoms with Gasteiger partial charge in [0.15, 0.2) is 0 Å². The Morgan fingerprint density at radius 2 is 2.27 bits per heavy atom. The van der Waals surface area contributed by atoms with Crippen LogP contribution in [0.1, 0.15) is 33.1 Å². The molecular weight excluding hydrogens is 206 g/mol. The maximum absolute atomic E-state index is 5.17. The first-order valence-electron chi connectivity index (χ1n) is 5.94. The number of hydrogen-bond donors (Lipinski definition) is 1. The predicted molar refractivity (Wildman–Crippen MR) is 68.6 cm³/mol. The average Bonchev–Trinajstić information content (AvgIpc) is 2.63. The zero-order chi connectivity index (χ0) is 11.3. The van der Waals surface area contributed by atoms with Crippen LogP contribution in [0.3, 0.4) is 0 Å². The molecule has 0 spiro atoms. The lowest BCUT2D eigenvalue weighted by Crippen LogP contribution is -2.48. The Labute approximate surface area is 98.5 Å². The third kappa shape index (κ3) is 3.36. The number of rotatable bonds is 6. The van der Waals surface area contributed by atoms with E-state index in [0.717, 1.165) is 13.0 Å². The Bertz CT molecular complexity index is 180. The van der Waals surface area contributed by atoms with E-state index >= 15 is 0 Å². The largest absolute Gasteiger partial charge is 0.385 e. The quantitative estimate of drug-likeness (QED) is 0.759. The average molecular weight is 231 g/mol. The molecule has 0 aromatic rings. The van der Waals surface area contributed by atoms with E-state index in [-0.39, 0.29) is 0 Å². The lowest BCUT2D eigenvalue weighted by atomic mass is 9.85. The second-order valence-corrected chi connectivity index (χ2v) is 6.42. The van der Waals surface area contributed by atoms with E-state index in [1.165, 1.54) is 18.6 Å². The molecule has 3 atom stereocenters. The summed E-state index contributed by atoms with van der Waals surface area (Å²) in [5, 5.41) is 3.52. The van der Waals surface area contributed by atoms with Gasteiger partial charge in [0.05, 0.1) is 0 Å². The van der Waals surface area contributed by atoms with Crippen LogP contribution >= 0.6 is 11.8 Å². The monoisotopic (exact) mass is 231 g/mol. The van der Waals surface area contributed by atoms with E-state index in [2.05, 4.69) is 38.0 Å². The lowest BCUT2D eigenvalue weighted by molar-refractivity contribution is 0.165. The summed E-state index contributed by atoms with van der Waals surface area (Å²) in [4.78, 5) is 0. The molecule has 0 amide bonds. The third-order valence-electron chi connectivity index (χ3n) is 3.56. The summed E-state index contributed by atoms with van der Waals surface area (Å²) in [5.41, 5.74) is 0. The molecule has 1 aliphatic rings. The molecule has 0 aromatic carbocycles. The van der Waals surface area contributed by atoms with E-state index < -0.39 is 0 Å². The summed E-state index contributed by atoms with van der Waals surface area (Å²) >= 11 is 2.14. The molecule has 1 N–H and O–H groups in total. The summed E-state index contributed by atoms with van der Waals surface area (Å²) in [6.07, 6.45) is 3.87. The van der Waals surface area contributed by atoms with Gasteiger partial charge in [-0.1, -0.05) is 6.92 Å². The molecule has 2 nitrogen and oxygen atoms in total. The van der Waals surface area contributed by atoms with Gasteiger partial charge < -0.3 is 10.1 Å². The van der Waals surface area contributed by atoms with Crippen LogP contribution in [0.2, 0.25) is 0 Å². The molecule has 0 aliphatic carbocycles. The van der Waals surface area contributed by atoms with Crippen LogP contribution in [-0.4, -0.2) is 37.3 Å². The van der Waals surface area contributed by atoms with Crippen molar-refractivity contribution in [3.8, 4) is 0 Å². The van der Waals surface area contributed by atoms with Crippen molar-refractivity contribution < 1.29 is 4.74 Å². The highest BCUT2D eigenvalue weighted by Gasteiger charge is 2.39. The predicted octanol–water partition coefficient (Wildman–Crippen LogP) is 2.53. The highest BCUT2D eigenvalue weighted by molar-refractivity contribution is 8.00. The third-order valence-corrected chi connectivity index (χ3v) is 5.17. The maximum Gasteiger partial charge on any atom is 0.0465 e. The summed E-state index contributed by atoms with van der Waals surface area (Å²) in [6, 6.07) is 0.611. The molecule has 15 heavy (non-hydrogen) atoms. The molecule has 1 saturated heterocycles. The number of nitrogens with one attached hydrogen (secondary N) is 1. The SMILES string of the molecule is CNC(C(C)CCOC)C1(C)CCCS1.